The summed E-state index contributed by atoms with van der Waals surface area (Å²) in [7, 11) is 0. The summed E-state index contributed by atoms with van der Waals surface area (Å²) in [5.74, 6) is -1.73. The zero-order chi connectivity index (χ0) is 16.0. The Morgan fingerprint density at radius 3 is 2.62 bits per heavy atom. The van der Waals surface area contributed by atoms with Crippen molar-refractivity contribution in [2.75, 3.05) is 11.9 Å². The molecule has 0 radical (unpaired) electrons. The van der Waals surface area contributed by atoms with Gasteiger partial charge in [0.15, 0.2) is 0 Å². The number of hydrogen-bond acceptors (Lipinski definition) is 4. The average Bonchev–Trinajstić information content (AvgIpc) is 2.42. The third kappa shape index (κ3) is 4.70. The molecule has 1 atom stereocenters. The highest BCUT2D eigenvalue weighted by Crippen LogP contribution is 2.14. The van der Waals surface area contributed by atoms with E-state index < -0.39 is 23.7 Å². The van der Waals surface area contributed by atoms with E-state index in [2.05, 4.69) is 15.6 Å². The minimum atomic E-state index is -0.820. The van der Waals surface area contributed by atoms with Gasteiger partial charge < -0.3 is 16.4 Å². The van der Waals surface area contributed by atoms with Gasteiger partial charge in [-0.25, -0.2) is 9.37 Å². The Morgan fingerprint density at radius 2 is 2.10 bits per heavy atom. The van der Waals surface area contributed by atoms with Crippen LogP contribution in [-0.2, 0) is 4.79 Å². The van der Waals surface area contributed by atoms with E-state index in [4.69, 9.17) is 5.73 Å². The summed E-state index contributed by atoms with van der Waals surface area (Å²) in [5.41, 5.74) is 5.30. The van der Waals surface area contributed by atoms with Gasteiger partial charge in [0.1, 0.15) is 17.7 Å². The standard InChI is InChI=1S/C14H21FN4O2/c1-4-5-17-13-10(6-9(15)7-18-13)14(21)19-11(8(2)3)12(16)20/h6-8,11H,4-5H2,1-3H3,(H2,16,20)(H,17,18)(H,19,21). The maximum Gasteiger partial charge on any atom is 0.255 e. The summed E-state index contributed by atoms with van der Waals surface area (Å²) in [5, 5.41) is 5.46. The van der Waals surface area contributed by atoms with Crippen molar-refractivity contribution in [1.29, 1.82) is 0 Å². The molecule has 1 rings (SSSR count). The summed E-state index contributed by atoms with van der Waals surface area (Å²) in [6, 6.07) is 0.262. The van der Waals surface area contributed by atoms with Crippen LogP contribution in [0.3, 0.4) is 0 Å². The van der Waals surface area contributed by atoms with Crippen molar-refractivity contribution < 1.29 is 14.0 Å². The summed E-state index contributed by atoms with van der Waals surface area (Å²) < 4.78 is 13.3. The average molecular weight is 296 g/mol. The molecule has 1 aromatic heterocycles. The first kappa shape index (κ1) is 16.9. The quantitative estimate of drug-likeness (QED) is 0.706. The fraction of sp³-hybridized carbons (Fsp3) is 0.500. The van der Waals surface area contributed by atoms with Gasteiger partial charge in [0.25, 0.3) is 5.91 Å². The molecule has 0 saturated carbocycles. The fourth-order valence-electron chi connectivity index (χ4n) is 1.78. The van der Waals surface area contributed by atoms with Crippen LogP contribution >= 0.6 is 0 Å². The largest absolute Gasteiger partial charge is 0.369 e. The molecule has 0 saturated heterocycles. The molecule has 7 heteroatoms. The van der Waals surface area contributed by atoms with Crippen LogP contribution in [0.1, 0.15) is 37.6 Å². The molecular formula is C14H21FN4O2. The van der Waals surface area contributed by atoms with E-state index in [1.807, 2.05) is 6.92 Å². The molecule has 0 aliphatic heterocycles. The lowest BCUT2D eigenvalue weighted by atomic mass is 10.0. The predicted molar refractivity (Wildman–Crippen MR) is 78.3 cm³/mol. The number of primary amides is 1. The summed E-state index contributed by atoms with van der Waals surface area (Å²) >= 11 is 0. The van der Waals surface area contributed by atoms with Gasteiger partial charge in [0, 0.05) is 6.54 Å². The zero-order valence-electron chi connectivity index (χ0n) is 12.4. The zero-order valence-corrected chi connectivity index (χ0v) is 12.4. The van der Waals surface area contributed by atoms with Crippen molar-refractivity contribution in [1.82, 2.24) is 10.3 Å². The number of nitrogens with zero attached hydrogens (tertiary/aromatic N) is 1. The van der Waals surface area contributed by atoms with Gasteiger partial charge in [0.05, 0.1) is 11.8 Å². The van der Waals surface area contributed by atoms with Gasteiger partial charge in [-0.3, -0.25) is 9.59 Å². The van der Waals surface area contributed by atoms with E-state index in [-0.39, 0.29) is 17.3 Å². The van der Waals surface area contributed by atoms with Gasteiger partial charge in [-0.15, -0.1) is 0 Å². The summed E-state index contributed by atoms with van der Waals surface area (Å²) in [6.45, 7) is 6.08. The van der Waals surface area contributed by atoms with Crippen LogP contribution in [0.5, 0.6) is 0 Å². The Labute approximate surface area is 123 Å². The van der Waals surface area contributed by atoms with Crippen LogP contribution in [0.25, 0.3) is 0 Å². The highest BCUT2D eigenvalue weighted by Gasteiger charge is 2.24. The number of aromatic nitrogens is 1. The minimum Gasteiger partial charge on any atom is -0.369 e. The third-order valence-corrected chi connectivity index (χ3v) is 2.90. The van der Waals surface area contributed by atoms with Crippen LogP contribution in [0.15, 0.2) is 12.3 Å². The molecular weight excluding hydrogens is 275 g/mol. The Balaban J connectivity index is 2.99. The number of carbonyl (C=O) groups excluding carboxylic acids is 2. The van der Waals surface area contributed by atoms with Gasteiger partial charge in [-0.2, -0.15) is 0 Å². The van der Waals surface area contributed by atoms with E-state index in [1.165, 1.54) is 0 Å². The number of anilines is 1. The number of carbonyl (C=O) groups is 2. The van der Waals surface area contributed by atoms with Crippen LogP contribution < -0.4 is 16.4 Å². The molecule has 0 aliphatic carbocycles. The summed E-state index contributed by atoms with van der Waals surface area (Å²) in [6.07, 6.45) is 1.86. The number of rotatable bonds is 7. The molecule has 0 fully saturated rings. The third-order valence-electron chi connectivity index (χ3n) is 2.90. The number of amides is 2. The maximum atomic E-state index is 13.3. The van der Waals surface area contributed by atoms with E-state index in [0.29, 0.717) is 6.54 Å². The number of halogens is 1. The number of pyridine rings is 1. The molecule has 21 heavy (non-hydrogen) atoms. The minimum absolute atomic E-state index is 0.0513. The molecule has 6 nitrogen and oxygen atoms in total. The Hall–Kier alpha value is -2.18. The lowest BCUT2D eigenvalue weighted by Gasteiger charge is -2.19. The molecule has 0 spiro atoms. The van der Waals surface area contributed by atoms with Gasteiger partial charge in [0.2, 0.25) is 5.91 Å². The summed E-state index contributed by atoms with van der Waals surface area (Å²) in [4.78, 5) is 27.4. The van der Waals surface area contributed by atoms with Gasteiger partial charge in [-0.1, -0.05) is 20.8 Å². The second-order valence-corrected chi connectivity index (χ2v) is 5.07. The first-order chi connectivity index (χ1) is 9.86. The Bertz CT molecular complexity index is 520. The van der Waals surface area contributed by atoms with Crippen LogP contribution in [0, 0.1) is 11.7 Å². The molecule has 1 heterocycles. The first-order valence-electron chi connectivity index (χ1n) is 6.86. The van der Waals surface area contributed by atoms with Gasteiger partial charge in [-0.05, 0) is 18.4 Å². The highest BCUT2D eigenvalue weighted by molar-refractivity contribution is 6.01. The van der Waals surface area contributed by atoms with Crippen LogP contribution in [-0.4, -0.2) is 29.4 Å². The van der Waals surface area contributed by atoms with Crippen LogP contribution in [0.2, 0.25) is 0 Å². The molecule has 2 amide bonds. The van der Waals surface area contributed by atoms with Crippen molar-refractivity contribution in [2.24, 2.45) is 11.7 Å². The second kappa shape index (κ2) is 7.56. The van der Waals surface area contributed by atoms with E-state index in [0.717, 1.165) is 18.7 Å². The number of hydrogen-bond donors (Lipinski definition) is 3. The van der Waals surface area contributed by atoms with Crippen molar-refractivity contribution in [2.45, 2.75) is 33.2 Å². The predicted octanol–water partition coefficient (Wildman–Crippen LogP) is 1.28. The van der Waals surface area contributed by atoms with Crippen LogP contribution in [0.4, 0.5) is 10.2 Å². The van der Waals surface area contributed by atoms with Crippen molar-refractivity contribution in [3.05, 3.63) is 23.6 Å². The smallest absolute Gasteiger partial charge is 0.255 e. The molecule has 4 N–H and O–H groups in total. The van der Waals surface area contributed by atoms with Crippen molar-refractivity contribution >= 4 is 17.6 Å². The van der Waals surface area contributed by atoms with Crippen molar-refractivity contribution in [3.63, 3.8) is 0 Å². The molecule has 1 aromatic rings. The Kier molecular flexibility index (Phi) is 6.08. The number of nitrogens with two attached hydrogens (primary N) is 1. The first-order valence-corrected chi connectivity index (χ1v) is 6.86. The lowest BCUT2D eigenvalue weighted by Crippen LogP contribution is -2.47. The van der Waals surface area contributed by atoms with E-state index in [9.17, 15) is 14.0 Å². The Morgan fingerprint density at radius 1 is 1.43 bits per heavy atom. The van der Waals surface area contributed by atoms with E-state index >= 15 is 0 Å². The van der Waals surface area contributed by atoms with Crippen molar-refractivity contribution in [3.8, 4) is 0 Å². The topological polar surface area (TPSA) is 97.1 Å². The normalized spacial score (nSPS) is 12.0. The second-order valence-electron chi connectivity index (χ2n) is 5.07. The molecule has 0 bridgehead atoms. The molecule has 0 aliphatic rings. The lowest BCUT2D eigenvalue weighted by molar-refractivity contribution is -0.120. The SMILES string of the molecule is CCCNc1ncc(F)cc1C(=O)NC(C(N)=O)C(C)C. The monoisotopic (exact) mass is 296 g/mol. The number of nitrogens with one attached hydrogen (secondary N) is 2. The molecule has 116 valence electrons. The fourth-order valence-corrected chi connectivity index (χ4v) is 1.78. The maximum absolute atomic E-state index is 13.3. The highest BCUT2D eigenvalue weighted by atomic mass is 19.1. The van der Waals surface area contributed by atoms with Gasteiger partial charge >= 0.3 is 0 Å². The van der Waals surface area contributed by atoms with E-state index in [1.54, 1.807) is 13.8 Å². The molecule has 0 aromatic carbocycles. The molecule has 1 unspecified atom stereocenters.